The average molecular weight is 299 g/mol. The summed E-state index contributed by atoms with van der Waals surface area (Å²) in [6.07, 6.45) is 4.33. The van der Waals surface area contributed by atoms with E-state index in [1.54, 1.807) is 0 Å². The van der Waals surface area contributed by atoms with Crippen LogP contribution in [0.2, 0.25) is 5.02 Å². The summed E-state index contributed by atoms with van der Waals surface area (Å²) in [7, 11) is 0. The number of hydrogen-bond donors (Lipinski definition) is 2. The van der Waals surface area contributed by atoms with E-state index in [1.807, 2.05) is 12.1 Å². The SMILES string of the molecule is Clc1ccc2c(CNCCCc3ccccc3)c[nH]c2c1. The Morgan fingerprint density at radius 1 is 1.05 bits per heavy atom. The molecule has 108 valence electrons. The number of benzene rings is 2. The molecule has 0 saturated carbocycles. The van der Waals surface area contributed by atoms with Gasteiger partial charge in [0.2, 0.25) is 0 Å². The average Bonchev–Trinajstić information content (AvgIpc) is 2.90. The van der Waals surface area contributed by atoms with Gasteiger partial charge in [-0.2, -0.15) is 0 Å². The third-order valence-electron chi connectivity index (χ3n) is 3.71. The molecule has 21 heavy (non-hydrogen) atoms. The Balaban J connectivity index is 1.48. The van der Waals surface area contributed by atoms with Gasteiger partial charge in [0.15, 0.2) is 0 Å². The van der Waals surface area contributed by atoms with Crippen molar-refractivity contribution in [1.82, 2.24) is 10.3 Å². The summed E-state index contributed by atoms with van der Waals surface area (Å²) in [6.45, 7) is 1.91. The summed E-state index contributed by atoms with van der Waals surface area (Å²) in [4.78, 5) is 3.27. The number of rotatable bonds is 6. The molecule has 0 unspecified atom stereocenters. The molecule has 1 aromatic heterocycles. The number of nitrogens with one attached hydrogen (secondary N) is 2. The Labute approximate surface area is 130 Å². The van der Waals surface area contributed by atoms with Gasteiger partial charge in [-0.1, -0.05) is 48.0 Å². The van der Waals surface area contributed by atoms with Crippen LogP contribution in [0.25, 0.3) is 10.9 Å². The fourth-order valence-corrected chi connectivity index (χ4v) is 2.76. The van der Waals surface area contributed by atoms with E-state index in [1.165, 1.54) is 16.5 Å². The van der Waals surface area contributed by atoms with E-state index in [9.17, 15) is 0 Å². The number of halogens is 1. The molecule has 3 heteroatoms. The largest absolute Gasteiger partial charge is 0.361 e. The van der Waals surface area contributed by atoms with Crippen LogP contribution in [0.15, 0.2) is 54.7 Å². The fraction of sp³-hybridized carbons (Fsp3) is 0.222. The highest BCUT2D eigenvalue weighted by atomic mass is 35.5. The molecular weight excluding hydrogens is 280 g/mol. The smallest absolute Gasteiger partial charge is 0.0472 e. The van der Waals surface area contributed by atoms with Crippen LogP contribution in [-0.2, 0) is 13.0 Å². The maximum absolute atomic E-state index is 6.00. The molecule has 0 saturated heterocycles. The summed E-state index contributed by atoms with van der Waals surface area (Å²) in [5.41, 5.74) is 3.80. The van der Waals surface area contributed by atoms with Crippen molar-refractivity contribution in [2.24, 2.45) is 0 Å². The molecule has 0 atom stereocenters. The predicted octanol–water partition coefficient (Wildman–Crippen LogP) is 4.54. The minimum atomic E-state index is 0.770. The van der Waals surface area contributed by atoms with E-state index in [0.29, 0.717) is 0 Å². The van der Waals surface area contributed by atoms with Crippen molar-refractivity contribution in [1.29, 1.82) is 0 Å². The molecule has 1 heterocycles. The lowest BCUT2D eigenvalue weighted by Crippen LogP contribution is -2.15. The normalized spacial score (nSPS) is 11.1. The second-order valence-electron chi connectivity index (χ2n) is 5.27. The molecule has 0 aliphatic carbocycles. The highest BCUT2D eigenvalue weighted by Crippen LogP contribution is 2.21. The molecular formula is C18H19ClN2. The van der Waals surface area contributed by atoms with Crippen LogP contribution in [0.1, 0.15) is 17.5 Å². The van der Waals surface area contributed by atoms with Crippen LogP contribution in [-0.4, -0.2) is 11.5 Å². The second-order valence-corrected chi connectivity index (χ2v) is 5.71. The molecule has 0 aliphatic rings. The number of H-pyrrole nitrogens is 1. The van der Waals surface area contributed by atoms with Gasteiger partial charge in [-0.3, -0.25) is 0 Å². The van der Waals surface area contributed by atoms with Crippen molar-refractivity contribution in [3.05, 3.63) is 70.9 Å². The van der Waals surface area contributed by atoms with Crippen molar-refractivity contribution < 1.29 is 0 Å². The zero-order valence-electron chi connectivity index (χ0n) is 11.9. The van der Waals surface area contributed by atoms with Crippen LogP contribution < -0.4 is 5.32 Å². The minimum absolute atomic E-state index is 0.770. The van der Waals surface area contributed by atoms with Gasteiger partial charge in [-0.25, -0.2) is 0 Å². The zero-order chi connectivity index (χ0) is 14.5. The van der Waals surface area contributed by atoms with Crippen molar-refractivity contribution in [3.8, 4) is 0 Å². The van der Waals surface area contributed by atoms with Gasteiger partial charge in [0.05, 0.1) is 0 Å². The Morgan fingerprint density at radius 3 is 2.76 bits per heavy atom. The van der Waals surface area contributed by atoms with E-state index in [2.05, 4.69) is 52.9 Å². The molecule has 2 nitrogen and oxygen atoms in total. The standard InChI is InChI=1S/C18H19ClN2/c19-16-8-9-17-15(13-21-18(17)11-16)12-20-10-4-7-14-5-2-1-3-6-14/h1-3,5-6,8-9,11,13,20-21H,4,7,10,12H2. The maximum Gasteiger partial charge on any atom is 0.0472 e. The molecule has 0 aliphatic heterocycles. The molecule has 0 radical (unpaired) electrons. The second kappa shape index (κ2) is 6.79. The molecule has 3 aromatic rings. The number of hydrogen-bond acceptors (Lipinski definition) is 1. The first kappa shape index (κ1) is 14.2. The summed E-state index contributed by atoms with van der Waals surface area (Å²) in [6, 6.07) is 16.6. The minimum Gasteiger partial charge on any atom is -0.361 e. The fourth-order valence-electron chi connectivity index (χ4n) is 2.59. The summed E-state index contributed by atoms with van der Waals surface area (Å²) in [5.74, 6) is 0. The van der Waals surface area contributed by atoms with Gasteiger partial charge in [0.25, 0.3) is 0 Å². The lowest BCUT2D eigenvalue weighted by Gasteiger charge is -2.04. The summed E-state index contributed by atoms with van der Waals surface area (Å²) < 4.78 is 0. The van der Waals surface area contributed by atoms with E-state index in [4.69, 9.17) is 11.6 Å². The van der Waals surface area contributed by atoms with Gasteiger partial charge >= 0.3 is 0 Å². The van der Waals surface area contributed by atoms with E-state index < -0.39 is 0 Å². The van der Waals surface area contributed by atoms with Crippen LogP contribution in [0, 0.1) is 0 Å². The van der Waals surface area contributed by atoms with Crippen molar-refractivity contribution in [3.63, 3.8) is 0 Å². The monoisotopic (exact) mass is 298 g/mol. The predicted molar refractivity (Wildman–Crippen MR) is 89.8 cm³/mol. The first-order valence-electron chi connectivity index (χ1n) is 7.33. The quantitative estimate of drug-likeness (QED) is 0.642. The number of aryl methyl sites for hydroxylation is 1. The topological polar surface area (TPSA) is 27.8 Å². The Kier molecular flexibility index (Phi) is 4.59. The molecule has 0 fully saturated rings. The van der Waals surface area contributed by atoms with Crippen molar-refractivity contribution >= 4 is 22.5 Å². The van der Waals surface area contributed by atoms with Crippen molar-refractivity contribution in [2.75, 3.05) is 6.54 Å². The molecule has 3 rings (SSSR count). The zero-order valence-corrected chi connectivity index (χ0v) is 12.7. The van der Waals surface area contributed by atoms with Gasteiger partial charge < -0.3 is 10.3 Å². The van der Waals surface area contributed by atoms with E-state index >= 15 is 0 Å². The number of fused-ring (bicyclic) bond motifs is 1. The lowest BCUT2D eigenvalue weighted by molar-refractivity contribution is 0.651. The Morgan fingerprint density at radius 2 is 1.90 bits per heavy atom. The van der Waals surface area contributed by atoms with Crippen LogP contribution in [0.5, 0.6) is 0 Å². The Bertz CT molecular complexity index is 704. The Hall–Kier alpha value is -1.77. The van der Waals surface area contributed by atoms with Gasteiger partial charge in [0, 0.05) is 28.7 Å². The van der Waals surface area contributed by atoms with Gasteiger partial charge in [-0.05, 0) is 42.6 Å². The van der Waals surface area contributed by atoms with Crippen LogP contribution in [0.3, 0.4) is 0 Å². The van der Waals surface area contributed by atoms with E-state index in [-0.39, 0.29) is 0 Å². The highest BCUT2D eigenvalue weighted by molar-refractivity contribution is 6.31. The summed E-state index contributed by atoms with van der Waals surface area (Å²) in [5, 5.41) is 5.53. The van der Waals surface area contributed by atoms with Crippen LogP contribution >= 0.6 is 11.6 Å². The van der Waals surface area contributed by atoms with Crippen LogP contribution in [0.4, 0.5) is 0 Å². The molecule has 2 aromatic carbocycles. The third-order valence-corrected chi connectivity index (χ3v) is 3.94. The van der Waals surface area contributed by atoms with Gasteiger partial charge in [0.1, 0.15) is 0 Å². The first-order chi connectivity index (χ1) is 10.3. The van der Waals surface area contributed by atoms with Crippen molar-refractivity contribution in [2.45, 2.75) is 19.4 Å². The van der Waals surface area contributed by atoms with E-state index in [0.717, 1.165) is 36.5 Å². The molecule has 0 bridgehead atoms. The number of aromatic amines is 1. The van der Waals surface area contributed by atoms with Gasteiger partial charge in [-0.15, -0.1) is 0 Å². The molecule has 0 amide bonds. The maximum atomic E-state index is 6.00. The third kappa shape index (κ3) is 3.66. The first-order valence-corrected chi connectivity index (χ1v) is 7.71. The summed E-state index contributed by atoms with van der Waals surface area (Å²) >= 11 is 6.00. The molecule has 0 spiro atoms. The molecule has 2 N–H and O–H groups in total. The lowest BCUT2D eigenvalue weighted by atomic mass is 10.1. The highest BCUT2D eigenvalue weighted by Gasteiger charge is 2.03. The number of aromatic nitrogens is 1.